The van der Waals surface area contributed by atoms with Crippen molar-refractivity contribution < 1.29 is 9.69 Å². The van der Waals surface area contributed by atoms with E-state index in [2.05, 4.69) is 30.7 Å². The minimum Gasteiger partial charge on any atom is -0.351 e. The first-order valence-corrected chi connectivity index (χ1v) is 9.39. The maximum absolute atomic E-state index is 12.2. The van der Waals surface area contributed by atoms with Crippen LogP contribution >= 0.6 is 0 Å². The molecule has 0 aliphatic heterocycles. The van der Waals surface area contributed by atoms with Crippen molar-refractivity contribution in [3.63, 3.8) is 0 Å². The van der Waals surface area contributed by atoms with Crippen molar-refractivity contribution in [2.24, 2.45) is 0 Å². The zero-order chi connectivity index (χ0) is 19.2. The van der Waals surface area contributed by atoms with Crippen molar-refractivity contribution in [2.75, 3.05) is 13.6 Å². The molecule has 0 saturated carbocycles. The summed E-state index contributed by atoms with van der Waals surface area (Å²) in [5.41, 5.74) is 4.19. The number of carbonyl (C=O) groups is 1. The number of nitrogens with zero attached hydrogens (tertiary/aromatic N) is 2. The summed E-state index contributed by atoms with van der Waals surface area (Å²) in [4.78, 5) is 13.3. The molecule has 2 atom stereocenters. The lowest BCUT2D eigenvalue weighted by Gasteiger charge is -2.20. The van der Waals surface area contributed by atoms with Crippen molar-refractivity contribution in [3.05, 3.63) is 72.4 Å². The molecule has 140 valence electrons. The molecule has 1 unspecified atom stereocenters. The highest BCUT2D eigenvalue weighted by atomic mass is 16.2. The number of hydrogen-bond donors (Lipinski definition) is 2. The molecule has 5 heteroatoms. The van der Waals surface area contributed by atoms with Gasteiger partial charge in [0, 0.05) is 18.3 Å². The molecular weight excluding hydrogens is 336 g/mol. The van der Waals surface area contributed by atoms with Gasteiger partial charge in [0.15, 0.2) is 6.04 Å². The summed E-state index contributed by atoms with van der Waals surface area (Å²) < 4.78 is 1.92. The fourth-order valence-electron chi connectivity index (χ4n) is 3.10. The minimum atomic E-state index is -0.131. The molecule has 0 radical (unpaired) electrons. The first-order chi connectivity index (χ1) is 13.1. The Labute approximate surface area is 160 Å². The lowest BCUT2D eigenvalue weighted by molar-refractivity contribution is -0.908. The van der Waals surface area contributed by atoms with Crippen LogP contribution in [-0.2, 0) is 11.3 Å². The van der Waals surface area contributed by atoms with E-state index < -0.39 is 0 Å². The maximum atomic E-state index is 12.2. The number of para-hydroxylation sites is 1. The summed E-state index contributed by atoms with van der Waals surface area (Å²) >= 11 is 0. The Morgan fingerprint density at radius 2 is 1.74 bits per heavy atom. The van der Waals surface area contributed by atoms with Crippen LogP contribution in [0.1, 0.15) is 19.4 Å². The Bertz CT molecular complexity index is 874. The van der Waals surface area contributed by atoms with E-state index in [1.807, 2.05) is 67.1 Å². The van der Waals surface area contributed by atoms with Crippen LogP contribution in [0.4, 0.5) is 0 Å². The number of carbonyl (C=O) groups excluding carboxylic acids is 1. The zero-order valence-corrected chi connectivity index (χ0v) is 16.1. The van der Waals surface area contributed by atoms with Crippen LogP contribution in [0.15, 0.2) is 66.9 Å². The maximum Gasteiger partial charge on any atom is 0.278 e. The van der Waals surface area contributed by atoms with Gasteiger partial charge in [-0.1, -0.05) is 48.5 Å². The monoisotopic (exact) mass is 363 g/mol. The van der Waals surface area contributed by atoms with E-state index >= 15 is 0 Å². The number of hydrogen-bond acceptors (Lipinski definition) is 2. The first kappa shape index (κ1) is 18.9. The molecule has 0 saturated heterocycles. The second kappa shape index (κ2) is 8.64. The summed E-state index contributed by atoms with van der Waals surface area (Å²) in [6, 6.07) is 20.2. The van der Waals surface area contributed by atoms with Gasteiger partial charge in [-0.3, -0.25) is 4.79 Å². The summed E-state index contributed by atoms with van der Waals surface area (Å²) in [7, 11) is 2.05. The van der Waals surface area contributed by atoms with Crippen LogP contribution < -0.4 is 10.2 Å². The quantitative estimate of drug-likeness (QED) is 0.675. The fourth-order valence-corrected chi connectivity index (χ4v) is 3.10. The van der Waals surface area contributed by atoms with Gasteiger partial charge in [0.05, 0.1) is 18.3 Å². The van der Waals surface area contributed by atoms with Crippen LogP contribution in [0, 0.1) is 0 Å². The Balaban J connectivity index is 1.93. The summed E-state index contributed by atoms with van der Waals surface area (Å²) in [5, 5.41) is 7.76. The Morgan fingerprint density at radius 3 is 2.37 bits per heavy atom. The van der Waals surface area contributed by atoms with Crippen molar-refractivity contribution in [1.29, 1.82) is 0 Å². The summed E-state index contributed by atoms with van der Waals surface area (Å²) in [5.74, 6) is 0.0757. The molecule has 0 aliphatic carbocycles. The van der Waals surface area contributed by atoms with Gasteiger partial charge in [-0.15, -0.1) is 0 Å². The van der Waals surface area contributed by atoms with E-state index in [1.165, 1.54) is 0 Å². The first-order valence-electron chi connectivity index (χ1n) is 9.39. The third kappa shape index (κ3) is 4.44. The average molecular weight is 363 g/mol. The smallest absolute Gasteiger partial charge is 0.278 e. The number of aromatic nitrogens is 2. The molecule has 0 spiro atoms. The van der Waals surface area contributed by atoms with Crippen LogP contribution in [0.25, 0.3) is 16.9 Å². The van der Waals surface area contributed by atoms with Crippen molar-refractivity contribution in [3.8, 4) is 16.9 Å². The van der Waals surface area contributed by atoms with Gasteiger partial charge in [0.2, 0.25) is 0 Å². The molecule has 0 fully saturated rings. The Morgan fingerprint density at radius 1 is 1.11 bits per heavy atom. The molecule has 1 amide bonds. The van der Waals surface area contributed by atoms with E-state index in [-0.39, 0.29) is 11.9 Å². The number of nitrogens with one attached hydrogen (secondary N) is 2. The van der Waals surface area contributed by atoms with Gasteiger partial charge in [0.1, 0.15) is 12.2 Å². The van der Waals surface area contributed by atoms with Crippen LogP contribution in [0.2, 0.25) is 0 Å². The van der Waals surface area contributed by atoms with Gasteiger partial charge in [-0.25, -0.2) is 4.68 Å². The van der Waals surface area contributed by atoms with Gasteiger partial charge < -0.3 is 10.2 Å². The second-order valence-electron chi connectivity index (χ2n) is 6.79. The number of amides is 1. The van der Waals surface area contributed by atoms with Gasteiger partial charge >= 0.3 is 0 Å². The molecule has 5 nitrogen and oxygen atoms in total. The number of likely N-dealkylation sites (N-methyl/N-ethyl adjacent to an activating group) is 2. The molecular formula is C22H27N4O+. The van der Waals surface area contributed by atoms with E-state index in [4.69, 9.17) is 5.10 Å². The van der Waals surface area contributed by atoms with Gasteiger partial charge in [-0.05, 0) is 26.0 Å². The Hall–Kier alpha value is -2.92. The van der Waals surface area contributed by atoms with Crippen molar-refractivity contribution in [1.82, 2.24) is 15.1 Å². The molecule has 3 rings (SSSR count). The van der Waals surface area contributed by atoms with E-state index in [0.717, 1.165) is 34.0 Å². The lowest BCUT2D eigenvalue weighted by atomic mass is 10.1. The van der Waals surface area contributed by atoms with Crippen LogP contribution in [0.3, 0.4) is 0 Å². The predicted octanol–water partition coefficient (Wildman–Crippen LogP) is 2.08. The van der Waals surface area contributed by atoms with Crippen LogP contribution in [-0.4, -0.2) is 35.3 Å². The van der Waals surface area contributed by atoms with E-state index in [0.29, 0.717) is 6.54 Å². The average Bonchev–Trinajstić information content (AvgIpc) is 3.12. The number of benzene rings is 2. The minimum absolute atomic E-state index is 0.0757. The van der Waals surface area contributed by atoms with Crippen molar-refractivity contribution in [2.45, 2.75) is 26.4 Å². The van der Waals surface area contributed by atoms with Gasteiger partial charge in [0.25, 0.3) is 5.91 Å². The number of rotatable bonds is 7. The van der Waals surface area contributed by atoms with Crippen LogP contribution in [0.5, 0.6) is 0 Å². The molecule has 2 aromatic carbocycles. The highest BCUT2D eigenvalue weighted by Crippen LogP contribution is 2.23. The van der Waals surface area contributed by atoms with E-state index in [1.54, 1.807) is 0 Å². The Kier molecular flexibility index (Phi) is 6.04. The normalized spacial score (nSPS) is 13.1. The fraction of sp³-hybridized carbons (Fsp3) is 0.273. The third-order valence-electron chi connectivity index (χ3n) is 4.81. The molecule has 1 heterocycles. The van der Waals surface area contributed by atoms with Crippen molar-refractivity contribution >= 4 is 5.91 Å². The number of quaternary nitrogens is 1. The van der Waals surface area contributed by atoms with Gasteiger partial charge in [-0.2, -0.15) is 5.10 Å². The molecule has 0 aliphatic rings. The molecule has 1 aromatic heterocycles. The molecule has 3 aromatic rings. The predicted molar refractivity (Wildman–Crippen MR) is 108 cm³/mol. The molecule has 27 heavy (non-hydrogen) atoms. The standard InChI is InChI=1S/C22H26N4O/c1-4-23-22(27)17(2)25(3)15-19-16-26(20-13-9-6-10-14-20)24-21(19)18-11-7-5-8-12-18/h5-14,16-17H,4,15H2,1-3H3,(H,23,27)/p+1/t17-/m1/s1. The topological polar surface area (TPSA) is 51.4 Å². The SMILES string of the molecule is CCNC(=O)[C@@H](C)[NH+](C)Cc1cn(-c2ccccc2)nc1-c1ccccc1. The summed E-state index contributed by atoms with van der Waals surface area (Å²) in [6.07, 6.45) is 2.08. The highest BCUT2D eigenvalue weighted by molar-refractivity contribution is 5.79. The van der Waals surface area contributed by atoms with E-state index in [9.17, 15) is 4.79 Å². The zero-order valence-electron chi connectivity index (χ0n) is 16.1. The largest absolute Gasteiger partial charge is 0.351 e. The third-order valence-corrected chi connectivity index (χ3v) is 4.81. The summed E-state index contributed by atoms with van der Waals surface area (Å²) in [6.45, 7) is 5.27. The molecule has 2 N–H and O–H groups in total. The lowest BCUT2D eigenvalue weighted by Crippen LogP contribution is -3.12. The molecule has 0 bridgehead atoms. The highest BCUT2D eigenvalue weighted by Gasteiger charge is 2.24. The second-order valence-corrected chi connectivity index (χ2v) is 6.79.